The highest BCUT2D eigenvalue weighted by Crippen LogP contribution is 2.15. The maximum Gasteiger partial charge on any atom is 0.129 e. The Morgan fingerprint density at radius 2 is 1.83 bits per heavy atom. The Hall–Kier alpha value is -0.920. The molecule has 0 amide bonds. The Morgan fingerprint density at radius 3 is 2.33 bits per heavy atom. The normalized spacial score (nSPS) is 10.2. The zero-order valence-electron chi connectivity index (χ0n) is 6.98. The first-order valence-electron chi connectivity index (χ1n) is 4.03. The van der Waals surface area contributed by atoms with Crippen LogP contribution >= 0.6 is 0 Å². The molecule has 0 fully saturated rings. The molecule has 0 aliphatic heterocycles. The van der Waals surface area contributed by atoms with E-state index in [1.807, 2.05) is 6.92 Å². The second-order valence-electron chi connectivity index (χ2n) is 2.63. The van der Waals surface area contributed by atoms with E-state index >= 15 is 0 Å². The molecule has 0 aliphatic rings. The Labute approximate surface area is 71.2 Å². The van der Waals surface area contributed by atoms with E-state index in [1.165, 1.54) is 18.2 Å². The monoisotopic (exact) mass is 169 g/mol. The zero-order chi connectivity index (χ0) is 8.97. The summed E-state index contributed by atoms with van der Waals surface area (Å²) in [6.45, 7) is 1.97. The molecule has 0 aliphatic carbocycles. The summed E-state index contributed by atoms with van der Waals surface area (Å²) in [6.07, 6.45) is 3.19. The van der Waals surface area contributed by atoms with Crippen LogP contribution in [0.1, 0.15) is 25.3 Å². The SMILES string of the molecule is CCC[CH]c1c(F)cccc1F. The van der Waals surface area contributed by atoms with Crippen LogP contribution in [0.5, 0.6) is 0 Å². The van der Waals surface area contributed by atoms with Crippen molar-refractivity contribution in [2.75, 3.05) is 0 Å². The molecule has 0 saturated carbocycles. The molecule has 0 saturated heterocycles. The van der Waals surface area contributed by atoms with Crippen molar-refractivity contribution in [3.63, 3.8) is 0 Å². The summed E-state index contributed by atoms with van der Waals surface area (Å²) >= 11 is 0. The number of halogens is 2. The predicted octanol–water partition coefficient (Wildman–Crippen LogP) is 3.32. The van der Waals surface area contributed by atoms with Gasteiger partial charge in [0, 0.05) is 5.56 Å². The first-order chi connectivity index (χ1) is 5.75. The fraction of sp³-hybridized carbons (Fsp3) is 0.300. The molecule has 0 aromatic heterocycles. The maximum absolute atomic E-state index is 12.9. The van der Waals surface area contributed by atoms with Crippen molar-refractivity contribution in [3.05, 3.63) is 41.8 Å². The van der Waals surface area contributed by atoms with Crippen molar-refractivity contribution in [2.45, 2.75) is 19.8 Å². The minimum atomic E-state index is -0.483. The van der Waals surface area contributed by atoms with Crippen LogP contribution in [0.3, 0.4) is 0 Å². The van der Waals surface area contributed by atoms with Crippen molar-refractivity contribution < 1.29 is 8.78 Å². The van der Waals surface area contributed by atoms with Gasteiger partial charge in [-0.15, -0.1) is 0 Å². The molecule has 1 rings (SSSR count). The molecule has 1 radical (unpaired) electrons. The van der Waals surface area contributed by atoms with Gasteiger partial charge in [-0.2, -0.15) is 0 Å². The highest BCUT2D eigenvalue weighted by Gasteiger charge is 2.06. The molecule has 1 aromatic rings. The van der Waals surface area contributed by atoms with Gasteiger partial charge in [-0.25, -0.2) is 8.78 Å². The molecular formula is C10H11F2. The number of unbranched alkanes of at least 4 members (excludes halogenated alkanes) is 1. The van der Waals surface area contributed by atoms with Gasteiger partial charge >= 0.3 is 0 Å². The predicted molar refractivity (Wildman–Crippen MR) is 44.7 cm³/mol. The van der Waals surface area contributed by atoms with E-state index in [0.717, 1.165) is 6.42 Å². The molecule has 0 unspecified atom stereocenters. The Morgan fingerprint density at radius 1 is 1.25 bits per heavy atom. The van der Waals surface area contributed by atoms with E-state index in [1.54, 1.807) is 6.42 Å². The van der Waals surface area contributed by atoms with Gasteiger partial charge in [0.05, 0.1) is 0 Å². The number of hydrogen-bond acceptors (Lipinski definition) is 0. The van der Waals surface area contributed by atoms with Crippen molar-refractivity contribution in [1.29, 1.82) is 0 Å². The number of hydrogen-bond donors (Lipinski definition) is 0. The third-order valence-electron chi connectivity index (χ3n) is 1.64. The van der Waals surface area contributed by atoms with Crippen LogP contribution in [-0.4, -0.2) is 0 Å². The fourth-order valence-electron chi connectivity index (χ4n) is 0.994. The lowest BCUT2D eigenvalue weighted by Gasteiger charge is -2.01. The summed E-state index contributed by atoms with van der Waals surface area (Å²) in [5.74, 6) is -0.966. The van der Waals surface area contributed by atoms with E-state index in [0.29, 0.717) is 6.42 Å². The van der Waals surface area contributed by atoms with Crippen molar-refractivity contribution in [1.82, 2.24) is 0 Å². The topological polar surface area (TPSA) is 0 Å². The maximum atomic E-state index is 12.9. The van der Waals surface area contributed by atoms with E-state index in [-0.39, 0.29) is 5.56 Å². The summed E-state index contributed by atoms with van der Waals surface area (Å²) in [4.78, 5) is 0. The molecule has 0 spiro atoms. The molecule has 12 heavy (non-hydrogen) atoms. The van der Waals surface area contributed by atoms with Gasteiger partial charge in [0.25, 0.3) is 0 Å². The third kappa shape index (κ3) is 2.03. The van der Waals surface area contributed by atoms with E-state index in [9.17, 15) is 8.78 Å². The van der Waals surface area contributed by atoms with Crippen molar-refractivity contribution >= 4 is 0 Å². The van der Waals surface area contributed by atoms with E-state index in [4.69, 9.17) is 0 Å². The number of benzene rings is 1. The molecule has 1 aromatic carbocycles. The fourth-order valence-corrected chi connectivity index (χ4v) is 0.994. The van der Waals surface area contributed by atoms with Crippen LogP contribution in [0.15, 0.2) is 18.2 Å². The van der Waals surface area contributed by atoms with Gasteiger partial charge in [-0.1, -0.05) is 19.4 Å². The standard InChI is InChI=1S/C10H11F2/c1-2-3-5-8-9(11)6-4-7-10(8)12/h4-7H,2-3H2,1H3. The summed E-state index contributed by atoms with van der Waals surface area (Å²) in [7, 11) is 0. The Bertz CT molecular complexity index is 236. The second kappa shape index (κ2) is 4.19. The van der Waals surface area contributed by atoms with Crippen molar-refractivity contribution in [3.8, 4) is 0 Å². The van der Waals surface area contributed by atoms with Gasteiger partial charge in [-0.05, 0) is 25.0 Å². The van der Waals surface area contributed by atoms with Gasteiger partial charge in [0.2, 0.25) is 0 Å². The molecule has 65 valence electrons. The Kier molecular flexibility index (Phi) is 3.20. The van der Waals surface area contributed by atoms with Crippen LogP contribution < -0.4 is 0 Å². The largest absolute Gasteiger partial charge is 0.207 e. The van der Waals surface area contributed by atoms with E-state index < -0.39 is 11.6 Å². The van der Waals surface area contributed by atoms with Crippen LogP contribution in [0.2, 0.25) is 0 Å². The van der Waals surface area contributed by atoms with E-state index in [2.05, 4.69) is 0 Å². The number of rotatable bonds is 3. The minimum absolute atomic E-state index is 0.0966. The quantitative estimate of drug-likeness (QED) is 0.651. The smallest absolute Gasteiger partial charge is 0.129 e. The highest BCUT2D eigenvalue weighted by molar-refractivity contribution is 5.26. The van der Waals surface area contributed by atoms with Gasteiger partial charge in [0.15, 0.2) is 0 Å². The average Bonchev–Trinajstić information content (AvgIpc) is 2.04. The molecule has 0 bridgehead atoms. The molecule has 0 heterocycles. The first-order valence-corrected chi connectivity index (χ1v) is 4.03. The summed E-state index contributed by atoms with van der Waals surface area (Å²) in [6, 6.07) is 3.91. The van der Waals surface area contributed by atoms with Gasteiger partial charge in [0.1, 0.15) is 11.6 Å². The van der Waals surface area contributed by atoms with Crippen LogP contribution in [0.4, 0.5) is 8.78 Å². The second-order valence-corrected chi connectivity index (χ2v) is 2.63. The average molecular weight is 169 g/mol. The van der Waals surface area contributed by atoms with Crippen molar-refractivity contribution in [2.24, 2.45) is 0 Å². The molecular weight excluding hydrogens is 158 g/mol. The van der Waals surface area contributed by atoms with Gasteiger partial charge < -0.3 is 0 Å². The van der Waals surface area contributed by atoms with Gasteiger partial charge in [-0.3, -0.25) is 0 Å². The summed E-state index contributed by atoms with van der Waals surface area (Å²) < 4.78 is 25.8. The zero-order valence-corrected chi connectivity index (χ0v) is 6.98. The lowest BCUT2D eigenvalue weighted by Crippen LogP contribution is -1.92. The van der Waals surface area contributed by atoms with Crippen LogP contribution in [0.25, 0.3) is 0 Å². The third-order valence-corrected chi connectivity index (χ3v) is 1.64. The Balaban J connectivity index is 2.81. The lowest BCUT2D eigenvalue weighted by atomic mass is 10.1. The van der Waals surface area contributed by atoms with Crippen LogP contribution in [0, 0.1) is 18.1 Å². The molecule has 0 atom stereocenters. The first kappa shape index (κ1) is 9.17. The molecule has 0 N–H and O–H groups in total. The lowest BCUT2D eigenvalue weighted by molar-refractivity contribution is 0.568. The summed E-state index contributed by atoms with van der Waals surface area (Å²) in [5.41, 5.74) is 0.0966. The molecule has 0 nitrogen and oxygen atoms in total. The minimum Gasteiger partial charge on any atom is -0.207 e. The summed E-state index contributed by atoms with van der Waals surface area (Å²) in [5, 5.41) is 0. The van der Waals surface area contributed by atoms with Crippen LogP contribution in [-0.2, 0) is 0 Å². The molecule has 2 heteroatoms. The highest BCUT2D eigenvalue weighted by atomic mass is 19.1.